The number of nitrogens with zero attached hydrogens (tertiary/aromatic N) is 1. The molecule has 0 unspecified atom stereocenters. The fourth-order valence-corrected chi connectivity index (χ4v) is 1.60. The zero-order chi connectivity index (χ0) is 13.8. The largest absolute Gasteiger partial charge is 0.456 e. The molecule has 98 valence electrons. The van der Waals surface area contributed by atoms with Crippen LogP contribution in [0.5, 0.6) is 0 Å². The average Bonchev–Trinajstić information content (AvgIpc) is 2.41. The second-order valence-electron chi connectivity index (χ2n) is 3.78. The van der Waals surface area contributed by atoms with Gasteiger partial charge in [-0.15, -0.1) is 0 Å². The third-order valence-electron chi connectivity index (χ3n) is 2.38. The zero-order valence-electron chi connectivity index (χ0n) is 9.77. The van der Waals surface area contributed by atoms with Crippen LogP contribution in [0.15, 0.2) is 41.0 Å². The highest BCUT2D eigenvalue weighted by Crippen LogP contribution is 2.14. The number of nitrogen functional groups attached to an aromatic ring is 1. The molecule has 6 heteroatoms. The van der Waals surface area contributed by atoms with E-state index in [0.717, 1.165) is 10.5 Å². The molecule has 0 saturated heterocycles. The molecule has 0 radical (unpaired) electrons. The second-order valence-corrected chi connectivity index (χ2v) is 4.70. The Morgan fingerprint density at radius 2 is 2.16 bits per heavy atom. The molecule has 0 fully saturated rings. The number of pyridine rings is 1. The number of halogens is 2. The highest BCUT2D eigenvalue weighted by Gasteiger charge is 2.10. The normalized spacial score (nSPS) is 10.2. The lowest BCUT2D eigenvalue weighted by molar-refractivity contribution is 0.0467. The summed E-state index contributed by atoms with van der Waals surface area (Å²) in [5, 5.41) is 0. The molecule has 1 heterocycles. The van der Waals surface area contributed by atoms with E-state index in [4.69, 9.17) is 10.5 Å². The summed E-state index contributed by atoms with van der Waals surface area (Å²) in [6.07, 6.45) is 1.60. The van der Waals surface area contributed by atoms with Crippen molar-refractivity contribution in [1.29, 1.82) is 0 Å². The molecule has 1 aromatic heterocycles. The molecule has 0 aliphatic heterocycles. The lowest BCUT2D eigenvalue weighted by Crippen LogP contribution is -2.07. The van der Waals surface area contributed by atoms with Gasteiger partial charge in [0, 0.05) is 10.7 Å². The number of nitrogens with two attached hydrogens (primary N) is 1. The van der Waals surface area contributed by atoms with E-state index < -0.39 is 11.8 Å². The number of ether oxygens (including phenoxy) is 1. The summed E-state index contributed by atoms with van der Waals surface area (Å²) in [5.41, 5.74) is 6.04. The van der Waals surface area contributed by atoms with Gasteiger partial charge in [0.2, 0.25) is 0 Å². The van der Waals surface area contributed by atoms with Crippen LogP contribution in [0, 0.1) is 5.82 Å². The lowest BCUT2D eigenvalue weighted by atomic mass is 10.2. The van der Waals surface area contributed by atoms with E-state index in [0.29, 0.717) is 5.69 Å². The summed E-state index contributed by atoms with van der Waals surface area (Å²) in [6, 6.07) is 7.30. The van der Waals surface area contributed by atoms with E-state index in [1.807, 2.05) is 0 Å². The predicted molar refractivity (Wildman–Crippen MR) is 71.9 cm³/mol. The molecule has 0 bridgehead atoms. The summed E-state index contributed by atoms with van der Waals surface area (Å²) >= 11 is 3.25. The van der Waals surface area contributed by atoms with Gasteiger partial charge in [-0.25, -0.2) is 9.18 Å². The van der Waals surface area contributed by atoms with Gasteiger partial charge in [-0.05, 0) is 46.3 Å². The minimum Gasteiger partial charge on any atom is -0.456 e. The number of hydrogen-bond donors (Lipinski definition) is 1. The third-order valence-corrected chi connectivity index (χ3v) is 2.85. The molecule has 0 saturated carbocycles. The van der Waals surface area contributed by atoms with Crippen LogP contribution in [0.3, 0.4) is 0 Å². The van der Waals surface area contributed by atoms with E-state index in [1.165, 1.54) is 12.1 Å². The standard InChI is InChI=1S/C13H10BrFN2O2/c14-9-2-3-10(17-6-9)7-19-13(18)8-1-4-12(16)11(15)5-8/h1-6H,7,16H2. The first-order chi connectivity index (χ1) is 9.06. The van der Waals surface area contributed by atoms with Gasteiger partial charge >= 0.3 is 5.97 Å². The Hall–Kier alpha value is -1.95. The monoisotopic (exact) mass is 324 g/mol. The lowest BCUT2D eigenvalue weighted by Gasteiger charge is -2.05. The van der Waals surface area contributed by atoms with Crippen molar-refractivity contribution in [2.24, 2.45) is 0 Å². The number of rotatable bonds is 3. The van der Waals surface area contributed by atoms with E-state index >= 15 is 0 Å². The zero-order valence-corrected chi connectivity index (χ0v) is 11.4. The van der Waals surface area contributed by atoms with Crippen LogP contribution in [0.1, 0.15) is 16.1 Å². The smallest absolute Gasteiger partial charge is 0.338 e. The fraction of sp³-hybridized carbons (Fsp3) is 0.0769. The maximum Gasteiger partial charge on any atom is 0.338 e. The van der Waals surface area contributed by atoms with Crippen molar-refractivity contribution in [3.05, 3.63) is 58.1 Å². The van der Waals surface area contributed by atoms with Gasteiger partial charge in [-0.2, -0.15) is 0 Å². The van der Waals surface area contributed by atoms with Gasteiger partial charge in [0.1, 0.15) is 12.4 Å². The van der Waals surface area contributed by atoms with Crippen molar-refractivity contribution >= 4 is 27.6 Å². The summed E-state index contributed by atoms with van der Waals surface area (Å²) < 4.78 is 19.1. The minimum atomic E-state index is -0.642. The summed E-state index contributed by atoms with van der Waals surface area (Å²) in [6.45, 7) is 0.0259. The molecule has 2 aromatic rings. The molecule has 19 heavy (non-hydrogen) atoms. The summed E-state index contributed by atoms with van der Waals surface area (Å²) in [7, 11) is 0. The molecule has 1 aromatic carbocycles. The van der Waals surface area contributed by atoms with E-state index in [2.05, 4.69) is 20.9 Å². The Kier molecular flexibility index (Phi) is 4.11. The highest BCUT2D eigenvalue weighted by atomic mass is 79.9. The molecule has 2 rings (SSSR count). The highest BCUT2D eigenvalue weighted by molar-refractivity contribution is 9.10. The third kappa shape index (κ3) is 3.51. The Balaban J connectivity index is 2.01. The van der Waals surface area contributed by atoms with Crippen LogP contribution >= 0.6 is 15.9 Å². The Labute approximate surface area is 117 Å². The van der Waals surface area contributed by atoms with Crippen LogP contribution in [-0.2, 0) is 11.3 Å². The number of benzene rings is 1. The second kappa shape index (κ2) is 5.79. The van der Waals surface area contributed by atoms with E-state index in [1.54, 1.807) is 18.3 Å². The van der Waals surface area contributed by atoms with E-state index in [9.17, 15) is 9.18 Å². The van der Waals surface area contributed by atoms with Crippen molar-refractivity contribution in [1.82, 2.24) is 4.98 Å². The fourth-order valence-electron chi connectivity index (χ4n) is 1.37. The van der Waals surface area contributed by atoms with Crippen molar-refractivity contribution in [3.63, 3.8) is 0 Å². The molecule has 0 aliphatic carbocycles. The molecular formula is C13H10BrFN2O2. The Morgan fingerprint density at radius 3 is 2.79 bits per heavy atom. The molecular weight excluding hydrogens is 315 g/mol. The predicted octanol–water partition coefficient (Wildman–Crippen LogP) is 2.92. The van der Waals surface area contributed by atoms with Gasteiger partial charge < -0.3 is 10.5 Å². The minimum absolute atomic E-state index is 0.00822. The SMILES string of the molecule is Nc1ccc(C(=O)OCc2ccc(Br)cn2)cc1F. The molecule has 0 spiro atoms. The first kappa shape index (κ1) is 13.5. The molecule has 2 N–H and O–H groups in total. The van der Waals surface area contributed by atoms with Crippen LogP contribution < -0.4 is 5.73 Å². The molecule has 0 aliphatic rings. The first-order valence-corrected chi connectivity index (χ1v) is 6.18. The molecule has 0 amide bonds. The maximum atomic E-state index is 13.2. The summed E-state index contributed by atoms with van der Waals surface area (Å²) in [4.78, 5) is 15.7. The van der Waals surface area contributed by atoms with Crippen LogP contribution in [0.4, 0.5) is 10.1 Å². The van der Waals surface area contributed by atoms with Gasteiger partial charge in [0.25, 0.3) is 0 Å². The van der Waals surface area contributed by atoms with Gasteiger partial charge in [-0.1, -0.05) is 0 Å². The average molecular weight is 325 g/mol. The summed E-state index contributed by atoms with van der Waals surface area (Å²) in [5.74, 6) is -1.26. The quantitative estimate of drug-likeness (QED) is 0.696. The first-order valence-electron chi connectivity index (χ1n) is 5.39. The van der Waals surface area contributed by atoms with Crippen LogP contribution in [0.25, 0.3) is 0 Å². The Bertz CT molecular complexity index is 602. The van der Waals surface area contributed by atoms with Gasteiger partial charge in [0.05, 0.1) is 16.9 Å². The Morgan fingerprint density at radius 1 is 1.37 bits per heavy atom. The molecule has 4 nitrogen and oxygen atoms in total. The van der Waals surface area contributed by atoms with Crippen LogP contribution in [-0.4, -0.2) is 11.0 Å². The number of anilines is 1. The van der Waals surface area contributed by atoms with Crippen molar-refractivity contribution in [2.75, 3.05) is 5.73 Å². The van der Waals surface area contributed by atoms with Gasteiger partial charge in [0.15, 0.2) is 0 Å². The van der Waals surface area contributed by atoms with Crippen molar-refractivity contribution in [2.45, 2.75) is 6.61 Å². The van der Waals surface area contributed by atoms with Crippen molar-refractivity contribution < 1.29 is 13.9 Å². The van der Waals surface area contributed by atoms with Crippen molar-refractivity contribution in [3.8, 4) is 0 Å². The topological polar surface area (TPSA) is 65.2 Å². The molecule has 0 atom stereocenters. The number of carbonyl (C=O) groups excluding carboxylic acids is 1. The number of esters is 1. The number of carbonyl (C=O) groups is 1. The van der Waals surface area contributed by atoms with E-state index in [-0.39, 0.29) is 17.9 Å². The maximum absolute atomic E-state index is 13.2. The van der Waals surface area contributed by atoms with Gasteiger partial charge in [-0.3, -0.25) is 4.98 Å². The number of aromatic nitrogens is 1. The number of hydrogen-bond acceptors (Lipinski definition) is 4. The van der Waals surface area contributed by atoms with Crippen LogP contribution in [0.2, 0.25) is 0 Å².